The topological polar surface area (TPSA) is 53.6 Å². The first kappa shape index (κ1) is 15.2. The first-order valence-electron chi connectivity index (χ1n) is 7.00. The Labute approximate surface area is 124 Å². The molecule has 0 bridgehead atoms. The predicted octanol–water partition coefficient (Wildman–Crippen LogP) is 2.69. The molecule has 1 aromatic heterocycles. The van der Waals surface area contributed by atoms with Crippen molar-refractivity contribution in [3.05, 3.63) is 52.6 Å². The average Bonchev–Trinajstić information content (AvgIpc) is 2.76. The molecule has 0 spiro atoms. The molecule has 0 fully saturated rings. The van der Waals surface area contributed by atoms with Crippen LogP contribution in [-0.4, -0.2) is 16.3 Å². The zero-order valence-corrected chi connectivity index (χ0v) is 12.4. The summed E-state index contributed by atoms with van der Waals surface area (Å²) in [7, 11) is 0. The van der Waals surface area contributed by atoms with E-state index in [0.717, 1.165) is 36.5 Å². The fourth-order valence-electron chi connectivity index (χ4n) is 2.30. The summed E-state index contributed by atoms with van der Waals surface area (Å²) in [6, 6.07) is 8.42. The summed E-state index contributed by atoms with van der Waals surface area (Å²) >= 11 is 0. The maximum atomic E-state index is 13.3. The van der Waals surface area contributed by atoms with Crippen LogP contribution in [0.15, 0.2) is 24.3 Å². The molecule has 5 heteroatoms. The quantitative estimate of drug-likeness (QED) is 0.831. The van der Waals surface area contributed by atoms with E-state index in [4.69, 9.17) is 5.26 Å². The Kier molecular flexibility index (Phi) is 5.07. The van der Waals surface area contributed by atoms with Crippen LogP contribution in [0.1, 0.15) is 28.9 Å². The highest BCUT2D eigenvalue weighted by Gasteiger charge is 2.02. The maximum Gasteiger partial charge on any atom is 0.124 e. The molecule has 0 saturated carbocycles. The second-order valence-corrected chi connectivity index (χ2v) is 5.14. The van der Waals surface area contributed by atoms with E-state index in [0.29, 0.717) is 12.1 Å². The van der Waals surface area contributed by atoms with Crippen LogP contribution in [-0.2, 0) is 13.1 Å². The lowest BCUT2D eigenvalue weighted by Gasteiger charge is -2.07. The molecule has 21 heavy (non-hydrogen) atoms. The van der Waals surface area contributed by atoms with Crippen molar-refractivity contribution in [2.75, 3.05) is 6.54 Å². The van der Waals surface area contributed by atoms with Crippen LogP contribution >= 0.6 is 0 Å². The number of nitriles is 1. The van der Waals surface area contributed by atoms with Crippen molar-refractivity contribution in [2.24, 2.45) is 0 Å². The lowest BCUT2D eigenvalue weighted by atomic mass is 10.1. The summed E-state index contributed by atoms with van der Waals surface area (Å²) in [5.74, 6) is -0.367. The van der Waals surface area contributed by atoms with Gasteiger partial charge in [0.15, 0.2) is 0 Å². The van der Waals surface area contributed by atoms with Crippen LogP contribution in [0.5, 0.6) is 0 Å². The number of hydrogen-bond acceptors (Lipinski definition) is 3. The number of aryl methyl sites for hydroxylation is 3. The number of aromatic nitrogens is 2. The third-order valence-corrected chi connectivity index (χ3v) is 3.24. The van der Waals surface area contributed by atoms with Crippen molar-refractivity contribution in [3.63, 3.8) is 0 Å². The van der Waals surface area contributed by atoms with Crippen LogP contribution in [0.25, 0.3) is 0 Å². The molecule has 0 aliphatic rings. The van der Waals surface area contributed by atoms with Gasteiger partial charge in [-0.1, -0.05) is 0 Å². The molecule has 2 aromatic rings. The summed E-state index contributed by atoms with van der Waals surface area (Å²) in [5.41, 5.74) is 3.34. The Morgan fingerprint density at radius 2 is 2.10 bits per heavy atom. The van der Waals surface area contributed by atoms with E-state index in [9.17, 15) is 4.39 Å². The van der Waals surface area contributed by atoms with Crippen molar-refractivity contribution in [1.82, 2.24) is 15.1 Å². The third kappa shape index (κ3) is 4.40. The molecule has 0 amide bonds. The Bertz CT molecular complexity index is 655. The minimum atomic E-state index is -0.367. The largest absolute Gasteiger partial charge is 0.313 e. The molecule has 0 atom stereocenters. The molecule has 110 valence electrons. The van der Waals surface area contributed by atoms with Gasteiger partial charge in [-0.3, -0.25) is 4.68 Å². The molecule has 0 radical (unpaired) electrons. The summed E-state index contributed by atoms with van der Waals surface area (Å²) in [4.78, 5) is 0. The highest BCUT2D eigenvalue weighted by molar-refractivity contribution is 5.33. The van der Waals surface area contributed by atoms with Crippen molar-refractivity contribution < 1.29 is 4.39 Å². The lowest BCUT2D eigenvalue weighted by Crippen LogP contribution is -2.17. The number of nitrogens with zero attached hydrogens (tertiary/aromatic N) is 3. The molecule has 1 heterocycles. The molecular formula is C16H19FN4. The zero-order chi connectivity index (χ0) is 15.2. The summed E-state index contributed by atoms with van der Waals surface area (Å²) in [6.45, 7) is 6.27. The number of hydrogen-bond donors (Lipinski definition) is 1. The standard InChI is InChI=1S/C16H19FN4/c1-12-6-13(2)21(20-12)5-3-4-19-11-15-7-14(10-18)8-16(17)9-15/h6-9,19H,3-5,11H2,1-2H3. The van der Waals surface area contributed by atoms with Gasteiger partial charge in [-0.05, 0) is 56.6 Å². The van der Waals surface area contributed by atoms with Gasteiger partial charge in [0.25, 0.3) is 0 Å². The second kappa shape index (κ2) is 7.00. The first-order valence-corrected chi connectivity index (χ1v) is 7.00. The number of nitrogens with one attached hydrogen (secondary N) is 1. The number of rotatable bonds is 6. The minimum absolute atomic E-state index is 0.356. The molecule has 0 unspecified atom stereocenters. The van der Waals surface area contributed by atoms with Gasteiger partial charge in [-0.25, -0.2) is 4.39 Å². The van der Waals surface area contributed by atoms with Gasteiger partial charge in [-0.15, -0.1) is 0 Å². The molecule has 1 aromatic carbocycles. The van der Waals surface area contributed by atoms with Gasteiger partial charge in [0.05, 0.1) is 17.3 Å². The fraction of sp³-hybridized carbons (Fsp3) is 0.375. The minimum Gasteiger partial charge on any atom is -0.313 e. The van der Waals surface area contributed by atoms with Gasteiger partial charge < -0.3 is 5.32 Å². The molecule has 0 saturated heterocycles. The van der Waals surface area contributed by atoms with Gasteiger partial charge in [0, 0.05) is 18.8 Å². The van der Waals surface area contributed by atoms with Crippen molar-refractivity contribution in [3.8, 4) is 6.07 Å². The molecule has 0 aliphatic carbocycles. The highest BCUT2D eigenvalue weighted by atomic mass is 19.1. The van der Waals surface area contributed by atoms with Gasteiger partial charge in [-0.2, -0.15) is 10.4 Å². The zero-order valence-electron chi connectivity index (χ0n) is 12.4. The Morgan fingerprint density at radius 1 is 1.29 bits per heavy atom. The van der Waals surface area contributed by atoms with Crippen LogP contribution < -0.4 is 5.32 Å². The Hall–Kier alpha value is -2.19. The normalized spacial score (nSPS) is 10.6. The third-order valence-electron chi connectivity index (χ3n) is 3.24. The van der Waals surface area contributed by atoms with Crippen LogP contribution in [0, 0.1) is 31.0 Å². The molecule has 2 rings (SSSR count). The van der Waals surface area contributed by atoms with Crippen LogP contribution in [0.2, 0.25) is 0 Å². The van der Waals surface area contributed by atoms with Gasteiger partial charge >= 0.3 is 0 Å². The van der Waals surface area contributed by atoms with E-state index in [1.54, 1.807) is 6.07 Å². The van der Waals surface area contributed by atoms with Gasteiger partial charge in [0.2, 0.25) is 0 Å². The van der Waals surface area contributed by atoms with Crippen molar-refractivity contribution in [1.29, 1.82) is 5.26 Å². The van der Waals surface area contributed by atoms with Crippen LogP contribution in [0.4, 0.5) is 4.39 Å². The van der Waals surface area contributed by atoms with E-state index in [-0.39, 0.29) is 5.82 Å². The Morgan fingerprint density at radius 3 is 2.76 bits per heavy atom. The fourth-order valence-corrected chi connectivity index (χ4v) is 2.30. The maximum absolute atomic E-state index is 13.3. The number of benzene rings is 1. The SMILES string of the molecule is Cc1cc(C)n(CCCNCc2cc(F)cc(C#N)c2)n1. The lowest BCUT2D eigenvalue weighted by molar-refractivity contribution is 0.531. The molecular weight excluding hydrogens is 267 g/mol. The average molecular weight is 286 g/mol. The van der Waals surface area contributed by atoms with E-state index >= 15 is 0 Å². The molecule has 4 nitrogen and oxygen atoms in total. The monoisotopic (exact) mass is 286 g/mol. The summed E-state index contributed by atoms with van der Waals surface area (Å²) < 4.78 is 15.3. The van der Waals surface area contributed by atoms with E-state index in [1.165, 1.54) is 12.1 Å². The smallest absolute Gasteiger partial charge is 0.124 e. The Balaban J connectivity index is 1.76. The second-order valence-electron chi connectivity index (χ2n) is 5.14. The van der Waals surface area contributed by atoms with Crippen molar-refractivity contribution >= 4 is 0 Å². The summed E-state index contributed by atoms with van der Waals surface area (Å²) in [6.07, 6.45) is 0.947. The van der Waals surface area contributed by atoms with Gasteiger partial charge in [0.1, 0.15) is 5.82 Å². The predicted molar refractivity (Wildman–Crippen MR) is 79.1 cm³/mol. The summed E-state index contributed by atoms with van der Waals surface area (Å²) in [5, 5.41) is 16.5. The van der Waals surface area contributed by atoms with E-state index in [1.807, 2.05) is 24.6 Å². The highest BCUT2D eigenvalue weighted by Crippen LogP contribution is 2.08. The number of halogens is 1. The molecule has 0 aliphatic heterocycles. The van der Waals surface area contributed by atoms with Crippen LogP contribution in [0.3, 0.4) is 0 Å². The van der Waals surface area contributed by atoms with E-state index in [2.05, 4.69) is 16.5 Å². The van der Waals surface area contributed by atoms with Crippen molar-refractivity contribution in [2.45, 2.75) is 33.4 Å². The van der Waals surface area contributed by atoms with E-state index < -0.39 is 0 Å². The first-order chi connectivity index (χ1) is 10.1. The molecule has 1 N–H and O–H groups in total.